The van der Waals surface area contributed by atoms with E-state index in [-0.39, 0.29) is 12.3 Å². The fourth-order valence-electron chi connectivity index (χ4n) is 1.05. The Kier molecular flexibility index (Phi) is 4.56. The monoisotopic (exact) mass is 240 g/mol. The SMILES string of the molecule is NC(CO)C(=O)OCc1ccc([N+](=O)[O-])cc1. The third kappa shape index (κ3) is 3.82. The molecule has 1 aromatic carbocycles. The largest absolute Gasteiger partial charge is 0.460 e. The summed E-state index contributed by atoms with van der Waals surface area (Å²) in [5.74, 6) is -0.717. The molecular formula is C10H12N2O5. The summed E-state index contributed by atoms with van der Waals surface area (Å²) in [4.78, 5) is 21.0. The summed E-state index contributed by atoms with van der Waals surface area (Å²) in [6.45, 7) is -0.524. The van der Waals surface area contributed by atoms with Gasteiger partial charge in [0.15, 0.2) is 0 Å². The number of rotatable bonds is 5. The van der Waals surface area contributed by atoms with Gasteiger partial charge in [0, 0.05) is 12.1 Å². The number of carbonyl (C=O) groups is 1. The molecule has 1 unspecified atom stereocenters. The zero-order chi connectivity index (χ0) is 12.8. The van der Waals surface area contributed by atoms with Gasteiger partial charge in [0.2, 0.25) is 0 Å². The molecule has 0 amide bonds. The Morgan fingerprint density at radius 1 is 1.47 bits per heavy atom. The minimum atomic E-state index is -1.06. The van der Waals surface area contributed by atoms with E-state index in [1.807, 2.05) is 0 Å². The molecule has 0 heterocycles. The first kappa shape index (κ1) is 13.1. The summed E-state index contributed by atoms with van der Waals surface area (Å²) in [6, 6.07) is 4.53. The van der Waals surface area contributed by atoms with Gasteiger partial charge in [0.1, 0.15) is 12.6 Å². The van der Waals surface area contributed by atoms with E-state index in [1.165, 1.54) is 24.3 Å². The third-order valence-electron chi connectivity index (χ3n) is 2.03. The minimum absolute atomic E-state index is 0.0351. The number of hydrogen-bond acceptors (Lipinski definition) is 6. The number of hydrogen-bond donors (Lipinski definition) is 2. The number of ether oxygens (including phenoxy) is 1. The second-order valence-electron chi connectivity index (χ2n) is 3.32. The van der Waals surface area contributed by atoms with Crippen LogP contribution in [0.3, 0.4) is 0 Å². The molecule has 7 nitrogen and oxygen atoms in total. The predicted octanol–water partition coefficient (Wildman–Crippen LogP) is -0.0424. The van der Waals surface area contributed by atoms with Crippen LogP contribution in [-0.4, -0.2) is 28.6 Å². The van der Waals surface area contributed by atoms with Crippen molar-refractivity contribution < 1.29 is 19.6 Å². The number of esters is 1. The van der Waals surface area contributed by atoms with Crippen LogP contribution in [0.1, 0.15) is 5.56 Å². The number of nitrogens with zero attached hydrogens (tertiary/aromatic N) is 1. The molecule has 3 N–H and O–H groups in total. The van der Waals surface area contributed by atoms with Crippen LogP contribution in [0.5, 0.6) is 0 Å². The Morgan fingerprint density at radius 2 is 2.06 bits per heavy atom. The molecule has 92 valence electrons. The van der Waals surface area contributed by atoms with Crippen LogP contribution < -0.4 is 5.73 Å². The van der Waals surface area contributed by atoms with Crippen molar-refractivity contribution in [1.82, 2.24) is 0 Å². The lowest BCUT2D eigenvalue weighted by atomic mass is 10.2. The standard InChI is InChI=1S/C10H12N2O5/c11-9(5-13)10(14)17-6-7-1-3-8(4-2-7)12(15)16/h1-4,9,13H,5-6,11H2. The summed E-state index contributed by atoms with van der Waals surface area (Å²) in [6.07, 6.45) is 0. The first-order valence-electron chi connectivity index (χ1n) is 4.81. The molecule has 1 atom stereocenters. The van der Waals surface area contributed by atoms with Crippen molar-refractivity contribution in [3.8, 4) is 0 Å². The van der Waals surface area contributed by atoms with Crippen LogP contribution >= 0.6 is 0 Å². The number of nitro benzene ring substituents is 1. The maximum absolute atomic E-state index is 11.1. The van der Waals surface area contributed by atoms with Crippen molar-refractivity contribution in [2.45, 2.75) is 12.6 Å². The predicted molar refractivity (Wildman–Crippen MR) is 58.0 cm³/mol. The Morgan fingerprint density at radius 3 is 2.53 bits per heavy atom. The Labute approximate surface area is 97.0 Å². The highest BCUT2D eigenvalue weighted by Gasteiger charge is 2.13. The third-order valence-corrected chi connectivity index (χ3v) is 2.03. The van der Waals surface area contributed by atoms with Gasteiger partial charge in [-0.2, -0.15) is 0 Å². The average molecular weight is 240 g/mol. The van der Waals surface area contributed by atoms with Gasteiger partial charge in [0.25, 0.3) is 5.69 Å². The highest BCUT2D eigenvalue weighted by Crippen LogP contribution is 2.12. The first-order chi connectivity index (χ1) is 8.04. The summed E-state index contributed by atoms with van der Waals surface area (Å²) in [5, 5.41) is 19.0. The average Bonchev–Trinajstić information content (AvgIpc) is 2.35. The second kappa shape index (κ2) is 5.92. The number of aliphatic hydroxyl groups is 1. The molecule has 7 heteroatoms. The van der Waals surface area contributed by atoms with Crippen LogP contribution in [0.25, 0.3) is 0 Å². The van der Waals surface area contributed by atoms with Crippen molar-refractivity contribution in [2.75, 3.05) is 6.61 Å². The molecule has 0 aromatic heterocycles. The van der Waals surface area contributed by atoms with Crippen molar-refractivity contribution in [3.63, 3.8) is 0 Å². The number of benzene rings is 1. The van der Waals surface area contributed by atoms with E-state index in [1.54, 1.807) is 0 Å². The molecule has 17 heavy (non-hydrogen) atoms. The van der Waals surface area contributed by atoms with E-state index in [0.717, 1.165) is 0 Å². The fraction of sp³-hybridized carbons (Fsp3) is 0.300. The van der Waals surface area contributed by atoms with Gasteiger partial charge in [-0.15, -0.1) is 0 Å². The highest BCUT2D eigenvalue weighted by molar-refractivity contribution is 5.75. The highest BCUT2D eigenvalue weighted by atomic mass is 16.6. The fourth-order valence-corrected chi connectivity index (χ4v) is 1.05. The van der Waals surface area contributed by atoms with Crippen LogP contribution in [0.4, 0.5) is 5.69 Å². The Hall–Kier alpha value is -1.99. The van der Waals surface area contributed by atoms with Crippen LogP contribution in [0.2, 0.25) is 0 Å². The summed E-state index contributed by atoms with van der Waals surface area (Å²) in [7, 11) is 0. The van der Waals surface area contributed by atoms with Crippen LogP contribution in [0.15, 0.2) is 24.3 Å². The molecule has 0 radical (unpaired) electrons. The molecule has 0 saturated carbocycles. The number of carbonyl (C=O) groups excluding carboxylic acids is 1. The van der Waals surface area contributed by atoms with E-state index in [4.69, 9.17) is 15.6 Å². The molecule has 0 fully saturated rings. The van der Waals surface area contributed by atoms with E-state index in [9.17, 15) is 14.9 Å². The van der Waals surface area contributed by atoms with Crippen LogP contribution in [0, 0.1) is 10.1 Å². The Bertz CT molecular complexity index is 404. The number of nitrogens with two attached hydrogens (primary N) is 1. The molecular weight excluding hydrogens is 228 g/mol. The van der Waals surface area contributed by atoms with Gasteiger partial charge in [-0.25, -0.2) is 0 Å². The maximum atomic E-state index is 11.1. The number of nitro groups is 1. The molecule has 0 aliphatic rings. The number of non-ortho nitro benzene ring substituents is 1. The molecule has 0 saturated heterocycles. The van der Waals surface area contributed by atoms with Gasteiger partial charge in [-0.3, -0.25) is 14.9 Å². The topological polar surface area (TPSA) is 116 Å². The summed E-state index contributed by atoms with van der Waals surface area (Å²) < 4.78 is 4.79. The summed E-state index contributed by atoms with van der Waals surface area (Å²) >= 11 is 0. The van der Waals surface area contributed by atoms with E-state index < -0.39 is 23.5 Å². The minimum Gasteiger partial charge on any atom is -0.460 e. The molecule has 1 rings (SSSR count). The maximum Gasteiger partial charge on any atom is 0.325 e. The van der Waals surface area contributed by atoms with Crippen LogP contribution in [-0.2, 0) is 16.1 Å². The van der Waals surface area contributed by atoms with Crippen molar-refractivity contribution >= 4 is 11.7 Å². The molecule has 0 aliphatic carbocycles. The molecule has 0 aliphatic heterocycles. The van der Waals surface area contributed by atoms with Crippen molar-refractivity contribution in [1.29, 1.82) is 0 Å². The van der Waals surface area contributed by atoms with Gasteiger partial charge in [0.05, 0.1) is 11.5 Å². The first-order valence-corrected chi connectivity index (χ1v) is 4.81. The summed E-state index contributed by atoms with van der Waals surface area (Å²) in [5.41, 5.74) is 5.80. The lowest BCUT2D eigenvalue weighted by Crippen LogP contribution is -2.35. The van der Waals surface area contributed by atoms with Gasteiger partial charge >= 0.3 is 5.97 Å². The van der Waals surface area contributed by atoms with Crippen molar-refractivity contribution in [3.05, 3.63) is 39.9 Å². The normalized spacial score (nSPS) is 11.9. The zero-order valence-corrected chi connectivity index (χ0v) is 8.91. The lowest BCUT2D eigenvalue weighted by molar-refractivity contribution is -0.384. The zero-order valence-electron chi connectivity index (χ0n) is 8.91. The quantitative estimate of drug-likeness (QED) is 0.423. The van der Waals surface area contributed by atoms with Crippen molar-refractivity contribution in [2.24, 2.45) is 5.73 Å². The van der Waals surface area contributed by atoms with Gasteiger partial charge in [-0.1, -0.05) is 0 Å². The molecule has 1 aromatic rings. The Balaban J connectivity index is 2.53. The second-order valence-corrected chi connectivity index (χ2v) is 3.32. The van der Waals surface area contributed by atoms with E-state index in [2.05, 4.69) is 0 Å². The van der Waals surface area contributed by atoms with E-state index >= 15 is 0 Å². The lowest BCUT2D eigenvalue weighted by Gasteiger charge is -2.08. The van der Waals surface area contributed by atoms with Gasteiger partial charge in [-0.05, 0) is 17.7 Å². The van der Waals surface area contributed by atoms with E-state index in [0.29, 0.717) is 5.56 Å². The molecule has 0 bridgehead atoms. The number of aliphatic hydroxyl groups excluding tert-OH is 1. The smallest absolute Gasteiger partial charge is 0.325 e. The van der Waals surface area contributed by atoms with Gasteiger partial charge < -0.3 is 15.6 Å². The molecule has 0 spiro atoms.